The molecule has 1 radical (unpaired) electrons. The Kier molecular flexibility index (Phi) is 12.3. The molecule has 0 aromatic heterocycles. The van der Waals surface area contributed by atoms with Crippen LogP contribution in [0.25, 0.3) is 0 Å². The maximum absolute atomic E-state index is 12.7. The van der Waals surface area contributed by atoms with Gasteiger partial charge in [0.2, 0.25) is 16.2 Å². The van der Waals surface area contributed by atoms with E-state index in [4.69, 9.17) is 0 Å². The number of hydrogen-bond donors (Lipinski definition) is 0. The Labute approximate surface area is 276 Å². The van der Waals surface area contributed by atoms with Crippen molar-refractivity contribution in [3.63, 3.8) is 0 Å². The number of nitrogens with zero attached hydrogens (tertiary/aromatic N) is 4. The summed E-state index contributed by atoms with van der Waals surface area (Å²) in [5, 5.41) is 50.3. The van der Waals surface area contributed by atoms with Crippen LogP contribution in [0.15, 0.2) is 107 Å². The maximum atomic E-state index is 12.7. The largest absolute Gasteiger partial charge is 1.00 e. The van der Waals surface area contributed by atoms with Gasteiger partial charge < -0.3 is 29.0 Å². The van der Waals surface area contributed by atoms with Crippen LogP contribution in [-0.4, -0.2) is 71.2 Å². The Bertz CT molecular complexity index is 2150. The Balaban J connectivity index is 0. The van der Waals surface area contributed by atoms with Gasteiger partial charge in [0.05, 0.1) is 33.6 Å². The molecule has 24 heteroatoms. The number of allylic oxidation sites excluding steroid dienone is 4. The minimum absolute atomic E-state index is 0. The molecule has 1 aliphatic carbocycles. The van der Waals surface area contributed by atoms with Gasteiger partial charge in [-0.25, -0.2) is 33.7 Å². The first-order valence-electron chi connectivity index (χ1n) is 11.4. The van der Waals surface area contributed by atoms with Gasteiger partial charge in [-0.1, -0.05) is 36.1 Å². The van der Waals surface area contributed by atoms with Crippen LogP contribution in [0.5, 0.6) is 5.75 Å². The standard InChI is InChI=1S/C22H20N4O15S4.Cu/c27-20-18(11-15(12-19(20)44(35,36)37)42(30,31)9-8-41-45(38,39)40)24-26-21(13-4-2-1-3-5-13)25-23-17-7-6-14(43(32,33)34)10-16(17)22(28)29;/h1-7,10-12,27-29H,8-9H2,(H,32,33,34)(H,35,36,37)(H,38,39,40);/p-3. The third-order valence-electron chi connectivity index (χ3n) is 5.23. The fourth-order valence-electron chi connectivity index (χ4n) is 3.21. The molecule has 0 heterocycles. The van der Waals surface area contributed by atoms with Crippen molar-refractivity contribution >= 4 is 57.7 Å². The summed E-state index contributed by atoms with van der Waals surface area (Å²) in [6.07, 6.45) is 2.00. The molecule has 0 fully saturated rings. The predicted molar refractivity (Wildman–Crippen MR) is 144 cm³/mol. The molecule has 2 aromatic carbocycles. The third-order valence-corrected chi connectivity index (χ3v) is 9.02. The zero-order valence-corrected chi connectivity index (χ0v) is 26.2. The minimum Gasteiger partial charge on any atom is -0.883 e. The number of sulfone groups is 1. The van der Waals surface area contributed by atoms with Gasteiger partial charge >= 0.3 is 4.28 Å². The summed E-state index contributed by atoms with van der Waals surface area (Å²) in [6, 6.07) is 7.85. The summed E-state index contributed by atoms with van der Waals surface area (Å²) in [5.74, 6) is -5.31. The molecule has 0 aliphatic heterocycles. The second-order valence-corrected chi connectivity index (χ2v) is 14.2. The van der Waals surface area contributed by atoms with Crippen molar-refractivity contribution in [2.45, 2.75) is 9.79 Å². The Hall–Kier alpha value is -3.84. The zero-order valence-electron chi connectivity index (χ0n) is 25.0. The van der Waals surface area contributed by atoms with Gasteiger partial charge in [0, 0.05) is 27.5 Å². The molecular weight excluding hydrogens is 752 g/mol. The van der Waals surface area contributed by atoms with Crippen LogP contribution in [0, 0.1) is 0 Å². The summed E-state index contributed by atoms with van der Waals surface area (Å²) in [4.78, 5) is -3.52. The second kappa shape index (κ2) is 14.7. The van der Waals surface area contributed by atoms with Crippen molar-refractivity contribution in [3.8, 4) is 5.75 Å². The van der Waals surface area contributed by atoms with E-state index < -0.39 is 102 Å². The molecule has 2 aromatic rings. The molecule has 0 unspecified atom stereocenters. The van der Waals surface area contributed by atoms with Crippen LogP contribution >= 0.6 is 0 Å². The number of benzene rings is 2. The van der Waals surface area contributed by atoms with Crippen LogP contribution in [0.1, 0.15) is 9.84 Å². The summed E-state index contributed by atoms with van der Waals surface area (Å²) >= 11 is 0. The maximum Gasteiger partial charge on any atom is 1.00 e. The molecule has 0 N–H and O–H groups in total. The molecule has 0 saturated carbocycles. The van der Waals surface area contributed by atoms with Gasteiger partial charge in [0.15, 0.2) is 9.84 Å². The van der Waals surface area contributed by atoms with Crippen molar-refractivity contribution in [1.29, 1.82) is 0 Å². The fraction of sp³-hybridized carbons (Fsp3) is 0.0909. The van der Waals surface area contributed by atoms with Crippen molar-refractivity contribution in [2.24, 2.45) is 20.4 Å². The second-order valence-electron chi connectivity index (χ2n) is 8.28. The molecule has 0 spiro atoms. The van der Waals surface area contributed by atoms with Gasteiger partial charge in [-0.3, -0.25) is 4.18 Å². The normalized spacial score (nSPS) is 15.5. The van der Waals surface area contributed by atoms with Gasteiger partial charge in [-0.15, -0.1) is 20.4 Å². The molecule has 0 atom stereocenters. The van der Waals surface area contributed by atoms with E-state index >= 15 is 0 Å². The number of azo groups is 1. The summed E-state index contributed by atoms with van der Waals surface area (Å²) in [5.41, 5.74) is -2.39. The monoisotopic (exact) mass is 768 g/mol. The van der Waals surface area contributed by atoms with Crippen molar-refractivity contribution < 1.29 is 88.2 Å². The fourth-order valence-corrected chi connectivity index (χ4v) is 5.91. The molecule has 0 amide bonds. The number of hydrogen-bond acceptors (Lipinski definition) is 18. The molecule has 0 bridgehead atoms. The molecule has 1 aliphatic rings. The Morgan fingerprint density at radius 3 is 2.04 bits per heavy atom. The van der Waals surface area contributed by atoms with E-state index in [0.717, 1.165) is 12.2 Å². The molecule has 253 valence electrons. The topological polar surface area (TPSA) is 334 Å². The molecule has 19 nitrogen and oxygen atoms in total. The number of rotatable bonds is 10. The van der Waals surface area contributed by atoms with Gasteiger partial charge in [-0.05, 0) is 35.9 Å². The van der Waals surface area contributed by atoms with Crippen LogP contribution < -0.4 is 15.3 Å². The summed E-state index contributed by atoms with van der Waals surface area (Å²) < 4.78 is 130. The van der Waals surface area contributed by atoms with Gasteiger partial charge in [0.25, 0.3) is 0 Å². The van der Waals surface area contributed by atoms with Crippen LogP contribution in [-0.2, 0) is 61.7 Å². The number of amidine groups is 1. The van der Waals surface area contributed by atoms with E-state index in [9.17, 15) is 62.6 Å². The Morgan fingerprint density at radius 1 is 0.870 bits per heavy atom. The van der Waals surface area contributed by atoms with Crippen molar-refractivity contribution in [2.75, 3.05) is 12.4 Å². The molecular formula is C22H17CuN4O15S4-3. The quantitative estimate of drug-likeness (QED) is 0.0371. The van der Waals surface area contributed by atoms with Crippen LogP contribution in [0.4, 0.5) is 5.69 Å². The first-order chi connectivity index (χ1) is 20.7. The van der Waals surface area contributed by atoms with Gasteiger partial charge in [-0.2, -0.15) is 5.95 Å². The molecule has 46 heavy (non-hydrogen) atoms. The van der Waals surface area contributed by atoms with Crippen molar-refractivity contribution in [3.05, 3.63) is 82.7 Å². The van der Waals surface area contributed by atoms with Crippen molar-refractivity contribution in [1.82, 2.24) is 0 Å². The first kappa shape index (κ1) is 38.3. The van der Waals surface area contributed by atoms with E-state index in [1.165, 1.54) is 24.3 Å². The van der Waals surface area contributed by atoms with E-state index in [1.54, 1.807) is 6.07 Å². The zero-order chi connectivity index (χ0) is 33.8. The van der Waals surface area contributed by atoms with Crippen LogP contribution in [0.3, 0.4) is 0 Å². The molecule has 3 rings (SSSR count). The average molecular weight is 769 g/mol. The molecule has 0 saturated heterocycles. The van der Waals surface area contributed by atoms with Crippen LogP contribution in [0.2, 0.25) is 0 Å². The minimum atomic E-state index is -5.63. The van der Waals surface area contributed by atoms with E-state index in [1.807, 2.05) is 0 Å². The smallest absolute Gasteiger partial charge is 0.883 e. The first-order valence-corrected chi connectivity index (χ1v) is 17.2. The predicted octanol–water partition coefficient (Wildman–Crippen LogP) is -1.93. The van der Waals surface area contributed by atoms with E-state index in [0.29, 0.717) is 12.1 Å². The van der Waals surface area contributed by atoms with E-state index in [2.05, 4.69) is 24.6 Å². The SMILES string of the molecule is O=S(=O)([O-])OCCS(=O)(=O)c1cc(N=NC(=NN=C2C=CC(S(=O)(=O)[O-])=CC2=C([O-])[O-])c2ccccc2)c([O-])c(S(=O)(=O)[O-])c1.[Cu].[H+].[H+].[H+]. The third kappa shape index (κ3) is 10.3. The van der Waals surface area contributed by atoms with Gasteiger partial charge in [0.1, 0.15) is 20.2 Å². The Morgan fingerprint density at radius 2 is 1.50 bits per heavy atom. The average Bonchev–Trinajstić information content (AvgIpc) is 2.92. The van der Waals surface area contributed by atoms with E-state index in [-0.39, 0.29) is 33.0 Å². The summed E-state index contributed by atoms with van der Waals surface area (Å²) in [7, 11) is -20.7. The summed E-state index contributed by atoms with van der Waals surface area (Å²) in [6.45, 7) is -1.20.